The third-order valence-electron chi connectivity index (χ3n) is 21.1. The Balaban J connectivity index is 0.000000179. The molecule has 5 aliphatic rings. The van der Waals surface area contributed by atoms with E-state index in [1.54, 1.807) is 9.36 Å². The number of nitrogens with zero attached hydrogens (tertiary/aromatic N) is 12. The fourth-order valence-electron chi connectivity index (χ4n) is 15.1. The van der Waals surface area contributed by atoms with Crippen LogP contribution in [0.2, 0.25) is 61.4 Å². The third-order valence-corrected chi connectivity index (χ3v) is 26.1. The largest absolute Gasteiger partial charge is 0.496 e. The summed E-state index contributed by atoms with van der Waals surface area (Å²) in [5.41, 5.74) is 4.30. The number of amides is 2. The number of anilines is 2. The van der Waals surface area contributed by atoms with Crippen LogP contribution < -0.4 is 25.9 Å². The number of benzene rings is 2. The lowest BCUT2D eigenvalue weighted by molar-refractivity contribution is -0.156. The van der Waals surface area contributed by atoms with Crippen molar-refractivity contribution in [1.29, 1.82) is 0 Å². The van der Waals surface area contributed by atoms with Gasteiger partial charge in [0, 0.05) is 118 Å². The molecule has 114 heavy (non-hydrogen) atoms. The lowest BCUT2D eigenvalue weighted by Gasteiger charge is -2.40. The monoisotopic (exact) mass is 1760 g/mol. The van der Waals surface area contributed by atoms with E-state index < -0.39 is 56.9 Å². The van der Waals surface area contributed by atoms with E-state index in [1.165, 1.54) is 0 Å². The second kappa shape index (κ2) is 34.7. The first-order valence-corrected chi connectivity index (χ1v) is 49.5. The molecule has 5 fully saturated rings. The minimum Gasteiger partial charge on any atom is -0.460 e. The molecule has 0 radical (unpaired) electrons. The zero-order chi connectivity index (χ0) is 83.2. The number of alkyl carbamates (subject to hydrolysis) is 2. The van der Waals surface area contributed by atoms with E-state index in [-0.39, 0.29) is 61.1 Å². The third kappa shape index (κ3) is 22.8. The average molecular weight is 1760 g/mol. The van der Waals surface area contributed by atoms with Gasteiger partial charge in [-0.15, -0.1) is 0 Å². The van der Waals surface area contributed by atoms with Gasteiger partial charge in [-0.2, -0.15) is 10.2 Å². The van der Waals surface area contributed by atoms with Gasteiger partial charge in [0.15, 0.2) is 11.3 Å². The lowest BCUT2D eigenvalue weighted by Crippen LogP contribution is -2.51. The topological polar surface area (TPSA) is 270 Å². The van der Waals surface area contributed by atoms with Crippen molar-refractivity contribution < 1.29 is 56.9 Å². The number of carbonyl (C=O) groups excluding carboxylic acids is 4. The van der Waals surface area contributed by atoms with Gasteiger partial charge in [-0.3, -0.25) is 19.0 Å². The molecule has 2 aromatic carbocycles. The first kappa shape index (κ1) is 88.2. The van der Waals surface area contributed by atoms with Crippen molar-refractivity contribution in [2.75, 3.05) is 23.0 Å². The van der Waals surface area contributed by atoms with Crippen molar-refractivity contribution in [3.8, 4) is 11.1 Å². The molecule has 4 bridgehead atoms. The zero-order valence-corrected chi connectivity index (χ0v) is 76.6. The van der Waals surface area contributed by atoms with Crippen molar-refractivity contribution in [2.45, 2.75) is 323 Å². The molecule has 5 aliphatic heterocycles. The number of carbonyl (C=O) groups is 4. The van der Waals surface area contributed by atoms with Crippen LogP contribution >= 0.6 is 45.8 Å². The number of aryl methyl sites for hydroxylation is 2. The van der Waals surface area contributed by atoms with Crippen LogP contribution in [0.25, 0.3) is 55.3 Å². The van der Waals surface area contributed by atoms with E-state index >= 15 is 0 Å². The molecule has 6 atom stereocenters. The molecule has 6 aromatic heterocycles. The molecule has 0 spiro atoms. The van der Waals surface area contributed by atoms with E-state index in [4.69, 9.17) is 80.9 Å². The summed E-state index contributed by atoms with van der Waals surface area (Å²) in [6.07, 6.45) is 19.1. The van der Waals surface area contributed by atoms with Crippen LogP contribution in [0.1, 0.15) is 175 Å². The van der Waals surface area contributed by atoms with Gasteiger partial charge in [0.05, 0.1) is 74.2 Å². The van der Waals surface area contributed by atoms with Gasteiger partial charge in [-0.05, 0) is 209 Å². The van der Waals surface area contributed by atoms with Crippen LogP contribution in [-0.4, -0.2) is 179 Å². The van der Waals surface area contributed by atoms with Gasteiger partial charge >= 0.3 is 31.2 Å². The number of esters is 2. The van der Waals surface area contributed by atoms with E-state index in [0.29, 0.717) is 55.3 Å². The Morgan fingerprint density at radius 1 is 0.544 bits per heavy atom. The standard InChI is InChI=1S/C38H54ClN7O5Si.C24H38IN5O3Si.C20H28BClN2O4/c1-37(2,3)50-32(47)14-15-45-22-29-30(43-45)13-12-27(33(29)39)28-21-44(23-49-16-17-52(7,8)9)35-34(28)40-20-31(42-35)46-25-10-11-26(46)19-24(18-25)41-36(48)51-38(4,5)6;1-24(2,3)33-23(31)27-16-11-17-7-8-18(12-16)30(17)20-13-26-21-19(25)14-29(22(21)28-20)15-32-9-10-34(4,5)6;1-18(2,3)26-16(25)10-11-24-12-13-15(23-24)9-8-14(17(13)22)21-27-19(4,5)20(6,7)28-21/h12-13,20-22,24-26H,10-11,14-19,23H2,1-9H3,(H,41,48);13-14,16-18H,7-12,15H2,1-6H3,(H,27,31);8-9,12H,10-11H2,1-7H3/t24?,25-,26+;16?,17-,18+;. The summed E-state index contributed by atoms with van der Waals surface area (Å²) < 4.78 is 55.0. The lowest BCUT2D eigenvalue weighted by atomic mass is 9.78. The number of ether oxygens (including phenoxy) is 6. The van der Waals surface area contributed by atoms with Crippen molar-refractivity contribution in [2.24, 2.45) is 0 Å². The summed E-state index contributed by atoms with van der Waals surface area (Å²) in [4.78, 5) is 74.1. The number of hydrogen-bond donors (Lipinski definition) is 2. The molecule has 2 N–H and O–H groups in total. The smallest absolute Gasteiger partial charge is 0.460 e. The first-order chi connectivity index (χ1) is 53.0. The predicted molar refractivity (Wildman–Crippen MR) is 464 cm³/mol. The van der Waals surface area contributed by atoms with E-state index in [1.807, 2.05) is 171 Å². The number of aromatic nitrogens is 10. The van der Waals surface area contributed by atoms with Crippen molar-refractivity contribution in [3.05, 3.63) is 75.1 Å². The quantitative estimate of drug-likeness (QED) is 0.0210. The van der Waals surface area contributed by atoms with E-state index in [0.717, 1.165) is 146 Å². The number of rotatable bonds is 22. The van der Waals surface area contributed by atoms with Gasteiger partial charge < -0.3 is 67.3 Å². The predicted octanol–water partition coefficient (Wildman–Crippen LogP) is 17.3. The second-order valence-corrected chi connectivity index (χ2v) is 51.6. The number of piperidine rings is 2. The van der Waals surface area contributed by atoms with Crippen molar-refractivity contribution in [3.63, 3.8) is 0 Å². The van der Waals surface area contributed by atoms with Crippen molar-refractivity contribution >= 4 is 154 Å². The number of hydrogen-bond acceptors (Lipinski definition) is 20. The molecule has 0 saturated carbocycles. The molecule has 5 saturated heterocycles. The summed E-state index contributed by atoms with van der Waals surface area (Å²) in [5.74, 6) is 1.23. The van der Waals surface area contributed by atoms with Gasteiger partial charge in [0.25, 0.3) is 0 Å². The maximum atomic E-state index is 12.6. The van der Waals surface area contributed by atoms with Crippen LogP contribution in [0, 0.1) is 3.57 Å². The maximum absolute atomic E-state index is 12.6. The SMILES string of the molecule is CC(C)(C)OC(=O)CCn1cc2c(Cl)c(-c3cn(COCC[Si](C)(C)C)c4nc(N5[C@@H]6CC[C@H]5CC(NC(=O)OC(C)(C)C)C6)cnc34)ccc2n1.CC(C)(C)OC(=O)CCn1cc2c(Cl)c(B3OC(C)(C)C(C)(C)O3)ccc2n1.CC(C)(C)OC(=O)NC1C[C@H]2CC[C@@H](C1)N2c1cnc2c(I)cn(COCC[Si](C)(C)C)c2n1. The van der Waals surface area contributed by atoms with Crippen LogP contribution in [-0.2, 0) is 73.9 Å². The first-order valence-electron chi connectivity index (χ1n) is 40.2. The highest BCUT2D eigenvalue weighted by atomic mass is 127. The Kier molecular flexibility index (Phi) is 26.9. The minimum atomic E-state index is -1.27. The van der Waals surface area contributed by atoms with Crippen LogP contribution in [0.4, 0.5) is 21.2 Å². The Bertz CT molecular complexity index is 4740. The molecule has 8 aromatic rings. The molecular weight excluding hydrogens is 1640 g/mol. The van der Waals surface area contributed by atoms with Gasteiger partial charge in [-0.1, -0.05) is 74.6 Å². The summed E-state index contributed by atoms with van der Waals surface area (Å²) in [6, 6.07) is 11.3. The maximum Gasteiger partial charge on any atom is 0.496 e. The fourth-order valence-corrected chi connectivity index (χ4v) is 17.9. The minimum absolute atomic E-state index is 0.0502. The fraction of sp³-hybridized carbons (Fsp3) is 0.634. The van der Waals surface area contributed by atoms with Crippen LogP contribution in [0.5, 0.6) is 0 Å². The number of nitrogens with one attached hydrogen (secondary N) is 2. The normalized spacial score (nSPS) is 20.3. The Morgan fingerprint density at radius 3 is 1.36 bits per heavy atom. The summed E-state index contributed by atoms with van der Waals surface area (Å²) >= 11 is 16.1. The molecule has 2 amide bonds. The van der Waals surface area contributed by atoms with Gasteiger partial charge in [0.2, 0.25) is 0 Å². The Labute approximate surface area is 697 Å². The molecule has 11 heterocycles. The highest BCUT2D eigenvalue weighted by molar-refractivity contribution is 14.1. The van der Waals surface area contributed by atoms with E-state index in [2.05, 4.69) is 103 Å². The molecule has 0 aliphatic carbocycles. The Hall–Kier alpha value is -6.65. The average Bonchev–Trinajstić information content (AvgIpc) is 1.89. The summed E-state index contributed by atoms with van der Waals surface area (Å²) in [7, 11) is -2.92. The molecular formula is C82H120BCl2IN14O12Si2. The molecule has 13 rings (SSSR count). The van der Waals surface area contributed by atoms with Gasteiger partial charge in [-0.25, -0.2) is 29.5 Å². The highest BCUT2D eigenvalue weighted by Gasteiger charge is 2.53. The van der Waals surface area contributed by atoms with Crippen molar-refractivity contribution in [1.82, 2.24) is 59.3 Å². The number of fused-ring (bicyclic) bond motifs is 8. The number of halogens is 3. The zero-order valence-electron chi connectivity index (χ0n) is 70.9. The Morgan fingerprint density at radius 2 is 0.939 bits per heavy atom. The molecule has 2 unspecified atom stereocenters. The molecule has 26 nitrogen and oxygen atoms in total. The highest BCUT2D eigenvalue weighted by Crippen LogP contribution is 2.44. The van der Waals surface area contributed by atoms with E-state index in [9.17, 15) is 19.2 Å². The van der Waals surface area contributed by atoms with Gasteiger partial charge in [0.1, 0.15) is 58.5 Å². The molecule has 622 valence electrons. The summed E-state index contributed by atoms with van der Waals surface area (Å²) in [6.45, 7) is 47.7. The van der Waals surface area contributed by atoms with Crippen LogP contribution in [0.3, 0.4) is 0 Å². The second-order valence-electron chi connectivity index (χ2n) is 38.5. The molecule has 32 heteroatoms. The summed E-state index contributed by atoms with van der Waals surface area (Å²) in [5, 5.41) is 18.1. The van der Waals surface area contributed by atoms with Crippen LogP contribution in [0.15, 0.2) is 61.4 Å².